The van der Waals surface area contributed by atoms with Crippen molar-refractivity contribution in [3.8, 4) is 11.1 Å². The molecule has 4 fully saturated rings. The van der Waals surface area contributed by atoms with Crippen LogP contribution in [0.4, 0.5) is 15.7 Å². The van der Waals surface area contributed by atoms with Gasteiger partial charge in [-0.1, -0.05) is 67.6 Å². The standard InChI is InChI=1S/C61H66N9O12S2/c1-39-45(43-17-18-49(65-53(43)55(75)76)68-23-21-42-9-6-10-44(46(42)29-68)54(74)66-56-64-47-11-4-5-12-48(47)83-56)28-63-70(39)38-60-33-58(2)32-59(3,34-60)36-61(35-58,37-60)82-26-24-67(25-27-84(78,79)80)57(77)81-31-41-15-13-40(14-16-41)8-7-22-62-50(71)30-69-51(72)19-20-52(69)73/h4-6,9-15,17-20,28H,7-8,21-27,29-38H2,1-3H3,(H,62,71)(H,75,76)(H,64,66,74)(H,78,79,80). The minimum atomic E-state index is -4.43. The zero-order chi connectivity index (χ0) is 59.2. The van der Waals surface area contributed by atoms with Gasteiger partial charge in [-0.3, -0.25) is 38.6 Å². The van der Waals surface area contributed by atoms with Gasteiger partial charge >= 0.3 is 12.1 Å². The van der Waals surface area contributed by atoms with Crippen molar-refractivity contribution in [2.75, 3.05) is 55.3 Å². The van der Waals surface area contributed by atoms with E-state index in [0.717, 1.165) is 88.2 Å². The molecule has 5 heterocycles. The number of aryl methyl sites for hydroxylation is 1. The Morgan fingerprint density at radius 2 is 1.67 bits per heavy atom. The van der Waals surface area contributed by atoms with Crippen molar-refractivity contribution in [2.45, 2.75) is 104 Å². The number of nitrogens with zero attached hydrogens (tertiary/aromatic N) is 7. The Morgan fingerprint density at radius 1 is 0.893 bits per heavy atom. The predicted octanol–water partition coefficient (Wildman–Crippen LogP) is 7.81. The molecule has 0 saturated heterocycles. The molecule has 6 aromatic rings. The maximum atomic E-state index is 13.8. The molecule has 0 spiro atoms. The van der Waals surface area contributed by atoms with Gasteiger partial charge in [0, 0.05) is 73.8 Å². The highest BCUT2D eigenvalue weighted by Crippen LogP contribution is 2.72. The topological polar surface area (TPSA) is 273 Å². The molecule has 4 aliphatic carbocycles. The Morgan fingerprint density at radius 3 is 2.39 bits per heavy atom. The number of amides is 5. The molecular formula is C61H66N9O12S2. The normalized spacial score (nSPS) is 22.4. The number of rotatable bonds is 22. The lowest BCUT2D eigenvalue weighted by atomic mass is 9.39. The highest BCUT2D eigenvalue weighted by atomic mass is 32.2. The summed E-state index contributed by atoms with van der Waals surface area (Å²) in [5.41, 5.74) is 5.58. The second-order valence-corrected chi connectivity index (χ2v) is 26.6. The average molecular weight is 1180 g/mol. The van der Waals surface area contributed by atoms with Crippen LogP contribution in [-0.4, -0.2) is 134 Å². The number of para-hydroxylation sites is 1. The largest absolute Gasteiger partial charge is 0.476 e. The molecule has 4 N–H and O–H groups in total. The van der Waals surface area contributed by atoms with Crippen LogP contribution in [-0.2, 0) is 66.5 Å². The van der Waals surface area contributed by atoms with Gasteiger partial charge in [-0.2, -0.15) is 13.5 Å². The van der Waals surface area contributed by atoms with Crippen molar-refractivity contribution in [1.82, 2.24) is 34.9 Å². The van der Waals surface area contributed by atoms with Gasteiger partial charge in [0.25, 0.3) is 27.8 Å². The number of ether oxygens (including phenoxy) is 2. The van der Waals surface area contributed by atoms with Crippen molar-refractivity contribution in [1.29, 1.82) is 0 Å². The molecule has 5 amide bonds. The smallest absolute Gasteiger partial charge is 0.410 e. The molecule has 3 aromatic heterocycles. The minimum Gasteiger partial charge on any atom is -0.476 e. The van der Waals surface area contributed by atoms with E-state index >= 15 is 0 Å². The van der Waals surface area contributed by atoms with E-state index in [2.05, 4.69) is 35.5 Å². The summed E-state index contributed by atoms with van der Waals surface area (Å²) in [6, 6.07) is 25.5. The molecule has 3 aromatic carbocycles. The maximum absolute atomic E-state index is 13.8. The van der Waals surface area contributed by atoms with Crippen LogP contribution in [0.1, 0.15) is 108 Å². The number of hydrogen-bond donors (Lipinski definition) is 4. The first-order valence-electron chi connectivity index (χ1n) is 28.2. The van der Waals surface area contributed by atoms with Gasteiger partial charge in [0.1, 0.15) is 19.0 Å². The van der Waals surface area contributed by atoms with E-state index in [1.165, 1.54) is 16.2 Å². The van der Waals surface area contributed by atoms with Gasteiger partial charge in [-0.25, -0.2) is 19.6 Å². The van der Waals surface area contributed by atoms with Crippen LogP contribution in [0.3, 0.4) is 0 Å². The Balaban J connectivity index is 0.721. The number of carboxylic acids is 1. The van der Waals surface area contributed by atoms with Crippen molar-refractivity contribution < 1.29 is 56.3 Å². The fourth-order valence-corrected chi connectivity index (χ4v) is 15.9. The van der Waals surface area contributed by atoms with Crippen molar-refractivity contribution in [3.05, 3.63) is 136 Å². The van der Waals surface area contributed by atoms with E-state index in [0.29, 0.717) is 78.6 Å². The molecule has 2 atom stereocenters. The number of carboxylic acid groups (broad SMARTS) is 1. The van der Waals surface area contributed by atoms with Crippen LogP contribution in [0.25, 0.3) is 21.3 Å². The lowest BCUT2D eigenvalue weighted by Gasteiger charge is -2.69. The number of benzene rings is 3. The molecule has 21 nitrogen and oxygen atoms in total. The van der Waals surface area contributed by atoms with Crippen molar-refractivity contribution in [2.24, 2.45) is 16.2 Å². The quantitative estimate of drug-likeness (QED) is 0.0287. The van der Waals surface area contributed by atoms with E-state index < -0.39 is 51.3 Å². The summed E-state index contributed by atoms with van der Waals surface area (Å²) in [4.78, 5) is 89.7. The summed E-state index contributed by atoms with van der Waals surface area (Å²) < 4.78 is 49.1. The van der Waals surface area contributed by atoms with Crippen LogP contribution in [0.15, 0.2) is 91.1 Å². The van der Waals surface area contributed by atoms with Crippen molar-refractivity contribution >= 4 is 78.3 Å². The molecule has 2 aliphatic heterocycles. The first-order valence-corrected chi connectivity index (χ1v) is 30.6. The van der Waals surface area contributed by atoms with E-state index in [1.807, 2.05) is 65.0 Å². The first kappa shape index (κ1) is 57.9. The third-order valence-corrected chi connectivity index (χ3v) is 18.7. The Kier molecular flexibility index (Phi) is 15.8. The van der Waals surface area contributed by atoms with Crippen molar-refractivity contribution in [3.63, 3.8) is 0 Å². The molecular weight excluding hydrogens is 1110 g/mol. The molecule has 84 heavy (non-hydrogen) atoms. The molecule has 2 unspecified atom stereocenters. The van der Waals surface area contributed by atoms with Gasteiger partial charge in [-0.05, 0) is 140 Å². The highest BCUT2D eigenvalue weighted by molar-refractivity contribution is 7.85. The molecule has 439 valence electrons. The molecule has 1 radical (unpaired) electrons. The first-order chi connectivity index (χ1) is 40.0. The van der Waals surface area contributed by atoms with Crippen LogP contribution in [0.2, 0.25) is 0 Å². The number of carbonyl (C=O) groups excluding carboxylic acids is 5. The summed E-state index contributed by atoms with van der Waals surface area (Å²) in [6.07, 6.45) is 10.2. The molecule has 23 heteroatoms. The lowest BCUT2D eigenvalue weighted by molar-refractivity contribution is -0.248. The van der Waals surface area contributed by atoms with Crippen LogP contribution in [0, 0.1) is 29.2 Å². The zero-order valence-corrected chi connectivity index (χ0v) is 48.7. The monoisotopic (exact) mass is 1180 g/mol. The zero-order valence-electron chi connectivity index (χ0n) is 47.0. The summed E-state index contributed by atoms with van der Waals surface area (Å²) in [7, 11) is -4.43. The minimum absolute atomic E-state index is 0.00661. The van der Waals surface area contributed by atoms with E-state index in [-0.39, 0.29) is 60.7 Å². The van der Waals surface area contributed by atoms with E-state index in [9.17, 15) is 46.8 Å². The predicted molar refractivity (Wildman–Crippen MR) is 312 cm³/mol. The number of pyridine rings is 1. The number of nitrogens with one attached hydrogen (secondary N) is 2. The second kappa shape index (κ2) is 23.0. The Hall–Kier alpha value is -7.86. The number of hydrogen-bond acceptors (Lipinski definition) is 15. The highest BCUT2D eigenvalue weighted by Gasteiger charge is 2.66. The fraction of sp³-hybridized carbons (Fsp3) is 0.426. The number of anilines is 2. The van der Waals surface area contributed by atoms with Gasteiger partial charge in [0.15, 0.2) is 10.8 Å². The number of aromatic carboxylic acids is 1. The number of thiazole rings is 1. The summed E-state index contributed by atoms with van der Waals surface area (Å²) >= 11 is 1.41. The van der Waals surface area contributed by atoms with Gasteiger partial charge in [0.05, 0.1) is 34.4 Å². The SMILES string of the molecule is Cc1c(-c2ccc(N3CCc4cccc(C(=O)Nc5nc6ccccc6s5)c4C3)nc2C(=O)O)cnn1CC12CC3(C)CC(C)(C1)CC(OCCN(CCS(=O)(=O)O)C(=O)OCc1[c]cc(CCCNC(=O)CN4C(=O)C=CC4=O)cc1)(C3)C2. The Bertz CT molecular complexity index is 3680. The number of carbonyl (C=O) groups is 6. The summed E-state index contributed by atoms with van der Waals surface area (Å²) in [5.74, 6) is -3.15. The summed E-state index contributed by atoms with van der Waals surface area (Å²) in [5, 5.41) is 21.8. The Labute approximate surface area is 490 Å². The number of imide groups is 1. The molecule has 6 aliphatic rings. The third kappa shape index (κ3) is 12.6. The molecule has 4 bridgehead atoms. The van der Waals surface area contributed by atoms with Crippen LogP contribution in [0.5, 0.6) is 0 Å². The van der Waals surface area contributed by atoms with E-state index in [1.54, 1.807) is 30.5 Å². The number of fused-ring (bicyclic) bond motifs is 2. The van der Waals surface area contributed by atoms with E-state index in [4.69, 9.17) is 19.6 Å². The average Bonchev–Trinajstić information content (AvgIpc) is 2.22. The maximum Gasteiger partial charge on any atom is 0.410 e. The summed E-state index contributed by atoms with van der Waals surface area (Å²) in [6.45, 7) is 7.68. The lowest BCUT2D eigenvalue weighted by Crippen LogP contribution is -2.64. The molecule has 12 rings (SSSR count). The van der Waals surface area contributed by atoms with Gasteiger partial charge in [0.2, 0.25) is 5.91 Å². The number of aromatic nitrogens is 4. The van der Waals surface area contributed by atoms with Gasteiger partial charge in [-0.15, -0.1) is 0 Å². The van der Waals surface area contributed by atoms with Crippen LogP contribution >= 0.6 is 11.3 Å². The fourth-order valence-electron chi connectivity index (χ4n) is 14.6. The second-order valence-electron chi connectivity index (χ2n) is 24.0. The van der Waals surface area contributed by atoms with Crippen LogP contribution < -0.4 is 15.5 Å². The third-order valence-electron chi connectivity index (χ3n) is 17.1. The van der Waals surface area contributed by atoms with Gasteiger partial charge < -0.3 is 29.7 Å². The molecule has 4 saturated carbocycles.